The van der Waals surface area contributed by atoms with Gasteiger partial charge in [-0.3, -0.25) is 0 Å². The van der Waals surface area contributed by atoms with Crippen molar-refractivity contribution in [3.63, 3.8) is 0 Å². The maximum atomic E-state index is 6.02. The van der Waals surface area contributed by atoms with Crippen molar-refractivity contribution in [2.75, 3.05) is 17.2 Å². The van der Waals surface area contributed by atoms with Crippen LogP contribution in [-0.2, 0) is 0 Å². The van der Waals surface area contributed by atoms with E-state index in [-0.39, 0.29) is 0 Å². The van der Waals surface area contributed by atoms with Crippen LogP contribution in [0, 0.1) is 0 Å². The number of anilines is 3. The molecule has 0 aliphatic heterocycles. The van der Waals surface area contributed by atoms with E-state index in [2.05, 4.69) is 15.1 Å². The van der Waals surface area contributed by atoms with Gasteiger partial charge in [-0.1, -0.05) is 0 Å². The summed E-state index contributed by atoms with van der Waals surface area (Å²) in [6, 6.07) is 21.0. The predicted octanol–water partition coefficient (Wildman–Crippen LogP) is 3.82. The fourth-order valence-electron chi connectivity index (χ4n) is 2.03. The number of benzene rings is 3. The molecule has 6 N–H and O–H groups in total. The number of hydrogen-bond acceptors (Lipinski definition) is 6. The van der Waals surface area contributed by atoms with E-state index in [1.165, 1.54) is 0 Å². The molecule has 0 fully saturated rings. The Morgan fingerprint density at radius 1 is 0.500 bits per heavy atom. The van der Waals surface area contributed by atoms with Crippen LogP contribution >= 0.6 is 6.19 Å². The Kier molecular flexibility index (Phi) is 5.43. The van der Waals surface area contributed by atoms with Gasteiger partial charge >= 0.3 is 159 Å². The minimum atomic E-state index is -2.93. The van der Waals surface area contributed by atoms with Gasteiger partial charge in [0.15, 0.2) is 0 Å². The SMILES string of the molecule is Nc1ccc(OP(=[Se])(Oc2ccc(N)cc2)Oc2ccc(N)cc2)cc1. The summed E-state index contributed by atoms with van der Waals surface area (Å²) in [5.74, 6) is 1.70. The predicted molar refractivity (Wildman–Crippen MR) is 107 cm³/mol. The first-order valence-electron chi connectivity index (χ1n) is 7.67. The molecular formula is C18H18N3O3PSe. The topological polar surface area (TPSA) is 106 Å². The van der Waals surface area contributed by atoms with Crippen LogP contribution in [0.1, 0.15) is 0 Å². The third-order valence-electron chi connectivity index (χ3n) is 3.29. The van der Waals surface area contributed by atoms with Crippen molar-refractivity contribution >= 4 is 38.3 Å². The summed E-state index contributed by atoms with van der Waals surface area (Å²) in [6.45, 7) is 0. The van der Waals surface area contributed by atoms with Crippen LogP contribution in [-0.4, -0.2) is 15.1 Å². The van der Waals surface area contributed by atoms with E-state index >= 15 is 0 Å². The van der Waals surface area contributed by atoms with E-state index in [0.29, 0.717) is 34.3 Å². The quantitative estimate of drug-likeness (QED) is 0.310. The Morgan fingerprint density at radius 2 is 0.731 bits per heavy atom. The molecule has 0 aliphatic rings. The molecule has 3 aromatic carbocycles. The van der Waals surface area contributed by atoms with E-state index < -0.39 is 6.19 Å². The first kappa shape index (κ1) is 18.2. The zero-order chi connectivity index (χ0) is 18.6. The molecule has 0 saturated carbocycles. The van der Waals surface area contributed by atoms with Crippen molar-refractivity contribution in [3.8, 4) is 17.2 Å². The maximum absolute atomic E-state index is 6.02. The average Bonchev–Trinajstić information content (AvgIpc) is 2.61. The van der Waals surface area contributed by atoms with Gasteiger partial charge in [0.05, 0.1) is 0 Å². The Morgan fingerprint density at radius 3 is 0.962 bits per heavy atom. The molecule has 0 aliphatic carbocycles. The van der Waals surface area contributed by atoms with Crippen LogP contribution in [0.2, 0.25) is 0 Å². The van der Waals surface area contributed by atoms with E-state index in [1.807, 2.05) is 0 Å². The molecule has 0 heterocycles. The molecule has 134 valence electrons. The third kappa shape index (κ3) is 4.96. The molecule has 0 bridgehead atoms. The van der Waals surface area contributed by atoms with E-state index in [0.717, 1.165) is 0 Å². The summed E-state index contributed by atoms with van der Waals surface area (Å²) >= 11 is 2.93. The van der Waals surface area contributed by atoms with Crippen LogP contribution in [0.3, 0.4) is 0 Å². The van der Waals surface area contributed by atoms with Gasteiger partial charge in [0.2, 0.25) is 0 Å². The molecule has 3 rings (SSSR count). The zero-order valence-electron chi connectivity index (χ0n) is 13.7. The number of nitrogens with two attached hydrogens (primary N) is 3. The average molecular weight is 434 g/mol. The molecule has 0 saturated heterocycles. The van der Waals surface area contributed by atoms with Crippen molar-refractivity contribution in [1.29, 1.82) is 0 Å². The fraction of sp³-hybridized carbons (Fsp3) is 0. The first-order chi connectivity index (χ1) is 12.4. The summed E-state index contributed by atoms with van der Waals surface area (Å²) in [6.07, 6.45) is -2.93. The minimum absolute atomic E-state index is 0.567. The molecule has 26 heavy (non-hydrogen) atoms. The summed E-state index contributed by atoms with van der Waals surface area (Å²) in [5.41, 5.74) is 19.1. The Hall–Kier alpha value is -2.59. The van der Waals surface area contributed by atoms with Crippen LogP contribution in [0.5, 0.6) is 17.2 Å². The van der Waals surface area contributed by atoms with Crippen LogP contribution in [0.4, 0.5) is 17.1 Å². The summed E-state index contributed by atoms with van der Waals surface area (Å²) in [7, 11) is 0. The molecule has 0 radical (unpaired) electrons. The van der Waals surface area contributed by atoms with Gasteiger partial charge in [0.25, 0.3) is 0 Å². The summed E-state index contributed by atoms with van der Waals surface area (Å²) in [5, 5.41) is 0. The van der Waals surface area contributed by atoms with Crippen molar-refractivity contribution in [2.24, 2.45) is 0 Å². The Balaban J connectivity index is 1.88. The van der Waals surface area contributed by atoms with Crippen molar-refractivity contribution < 1.29 is 13.6 Å². The van der Waals surface area contributed by atoms with E-state index in [1.54, 1.807) is 72.8 Å². The van der Waals surface area contributed by atoms with E-state index in [4.69, 9.17) is 30.8 Å². The molecular weight excluding hydrogens is 416 g/mol. The summed E-state index contributed by atoms with van der Waals surface area (Å²) < 4.78 is 18.1. The standard InChI is InChI=1S/C18H18N3O3PSe/c19-13-1-7-16(8-2-13)22-25(26,23-17-9-3-14(20)4-10-17)24-18-11-5-15(21)6-12-18/h1-12H,19-21H2. The van der Waals surface area contributed by atoms with Crippen molar-refractivity contribution in [1.82, 2.24) is 0 Å². The van der Waals surface area contributed by atoms with Gasteiger partial charge in [-0.15, -0.1) is 0 Å². The number of hydrogen-bond donors (Lipinski definition) is 3. The molecule has 3 aromatic rings. The molecule has 0 amide bonds. The normalized spacial score (nSPS) is 10.9. The second-order valence-corrected chi connectivity index (χ2v) is 9.69. The van der Waals surface area contributed by atoms with Gasteiger partial charge in [-0.05, 0) is 0 Å². The van der Waals surface area contributed by atoms with E-state index in [9.17, 15) is 0 Å². The zero-order valence-corrected chi connectivity index (χ0v) is 16.3. The molecule has 0 unspecified atom stereocenters. The Bertz CT molecular complexity index is 793. The number of rotatable bonds is 6. The molecule has 0 atom stereocenters. The number of nitrogen functional groups attached to an aromatic ring is 3. The van der Waals surface area contributed by atoms with Crippen molar-refractivity contribution in [3.05, 3.63) is 72.8 Å². The second-order valence-electron chi connectivity index (χ2n) is 5.43. The molecule has 6 nitrogen and oxygen atoms in total. The van der Waals surface area contributed by atoms with Gasteiger partial charge < -0.3 is 0 Å². The monoisotopic (exact) mass is 435 g/mol. The van der Waals surface area contributed by atoms with Gasteiger partial charge in [-0.2, -0.15) is 0 Å². The van der Waals surface area contributed by atoms with Gasteiger partial charge in [0.1, 0.15) is 0 Å². The van der Waals surface area contributed by atoms with Gasteiger partial charge in [0, 0.05) is 0 Å². The second kappa shape index (κ2) is 7.75. The van der Waals surface area contributed by atoms with Gasteiger partial charge in [-0.25, -0.2) is 0 Å². The molecule has 0 spiro atoms. The Labute approximate surface area is 159 Å². The fourth-order valence-corrected chi connectivity index (χ4v) is 4.91. The first-order valence-corrected chi connectivity index (χ1v) is 11.4. The molecule has 8 heteroatoms. The van der Waals surface area contributed by atoms with Crippen LogP contribution < -0.4 is 30.8 Å². The van der Waals surface area contributed by atoms with Crippen LogP contribution in [0.25, 0.3) is 0 Å². The van der Waals surface area contributed by atoms with Crippen molar-refractivity contribution in [2.45, 2.75) is 0 Å². The molecule has 0 aromatic heterocycles. The summed E-state index contributed by atoms with van der Waals surface area (Å²) in [4.78, 5) is 0. The third-order valence-corrected chi connectivity index (χ3v) is 6.00. The van der Waals surface area contributed by atoms with Crippen LogP contribution in [0.15, 0.2) is 72.8 Å².